The molecule has 1 fully saturated rings. The maximum atomic E-state index is 13.1. The molecule has 5 nitrogen and oxygen atoms in total. The van der Waals surface area contributed by atoms with Gasteiger partial charge in [0.25, 0.3) is 5.91 Å². The van der Waals surface area contributed by atoms with Gasteiger partial charge >= 0.3 is 0 Å². The number of aryl methyl sites for hydroxylation is 1. The highest BCUT2D eigenvalue weighted by Gasteiger charge is 2.29. The highest BCUT2D eigenvalue weighted by Crippen LogP contribution is 2.26. The Kier molecular flexibility index (Phi) is 5.87. The number of hydrogen-bond acceptors (Lipinski definition) is 3. The predicted octanol–water partition coefficient (Wildman–Crippen LogP) is 3.41. The van der Waals surface area contributed by atoms with Gasteiger partial charge in [-0.05, 0) is 31.4 Å². The molecule has 0 bridgehead atoms. The largest absolute Gasteiger partial charge is 0.387 e. The number of rotatable bonds is 6. The molecule has 1 atom stereocenters. The van der Waals surface area contributed by atoms with E-state index in [1.807, 2.05) is 48.4 Å². The van der Waals surface area contributed by atoms with E-state index in [0.29, 0.717) is 12.2 Å². The van der Waals surface area contributed by atoms with Crippen molar-refractivity contribution in [3.63, 3.8) is 0 Å². The van der Waals surface area contributed by atoms with Crippen molar-refractivity contribution in [1.82, 2.24) is 14.7 Å². The highest BCUT2D eigenvalue weighted by molar-refractivity contribution is 5.92. The second-order valence-electron chi connectivity index (χ2n) is 6.73. The van der Waals surface area contributed by atoms with E-state index in [1.165, 1.54) is 6.42 Å². The van der Waals surface area contributed by atoms with Crippen LogP contribution >= 0.6 is 0 Å². The molecule has 5 heteroatoms. The van der Waals surface area contributed by atoms with Crippen LogP contribution in [0.1, 0.15) is 61.2 Å². The molecule has 0 unspecified atom stereocenters. The Bertz CT molecular complexity index is 677. The van der Waals surface area contributed by atoms with Crippen molar-refractivity contribution in [1.29, 1.82) is 0 Å². The molecule has 0 spiro atoms. The SMILES string of the molecule is CCn1ccc(C(=O)N(C[C@H](O)c2ccccc2)C2CCCCC2)n1. The zero-order valence-corrected chi connectivity index (χ0v) is 14.8. The summed E-state index contributed by atoms with van der Waals surface area (Å²) in [5.41, 5.74) is 1.31. The van der Waals surface area contributed by atoms with E-state index in [4.69, 9.17) is 0 Å². The molecule has 0 aliphatic heterocycles. The molecule has 1 aromatic carbocycles. The summed E-state index contributed by atoms with van der Waals surface area (Å²) >= 11 is 0. The number of benzene rings is 1. The zero-order chi connectivity index (χ0) is 17.6. The Morgan fingerprint density at radius 3 is 2.60 bits per heavy atom. The van der Waals surface area contributed by atoms with Gasteiger partial charge in [-0.1, -0.05) is 49.6 Å². The van der Waals surface area contributed by atoms with Crippen molar-refractivity contribution >= 4 is 5.91 Å². The summed E-state index contributed by atoms with van der Waals surface area (Å²) in [6, 6.07) is 11.5. The second-order valence-corrected chi connectivity index (χ2v) is 6.73. The first-order valence-electron chi connectivity index (χ1n) is 9.26. The van der Waals surface area contributed by atoms with Gasteiger partial charge in [0, 0.05) is 18.8 Å². The summed E-state index contributed by atoms with van der Waals surface area (Å²) in [4.78, 5) is 14.9. The van der Waals surface area contributed by atoms with E-state index in [2.05, 4.69) is 5.10 Å². The summed E-state index contributed by atoms with van der Waals surface area (Å²) in [7, 11) is 0. The number of nitrogens with zero attached hydrogens (tertiary/aromatic N) is 3. The number of aliphatic hydroxyl groups is 1. The van der Waals surface area contributed by atoms with Gasteiger partial charge in [0.1, 0.15) is 5.69 Å². The Balaban J connectivity index is 1.80. The molecule has 1 N–H and O–H groups in total. The maximum Gasteiger partial charge on any atom is 0.274 e. The summed E-state index contributed by atoms with van der Waals surface area (Å²) < 4.78 is 1.76. The van der Waals surface area contributed by atoms with Crippen LogP contribution < -0.4 is 0 Å². The normalized spacial score (nSPS) is 16.6. The molecule has 0 radical (unpaired) electrons. The summed E-state index contributed by atoms with van der Waals surface area (Å²) in [6.45, 7) is 3.05. The number of aliphatic hydroxyl groups excluding tert-OH is 1. The average molecular weight is 341 g/mol. The van der Waals surface area contributed by atoms with Crippen LogP contribution in [0, 0.1) is 0 Å². The van der Waals surface area contributed by atoms with Crippen molar-refractivity contribution in [3.05, 3.63) is 53.9 Å². The van der Waals surface area contributed by atoms with E-state index in [-0.39, 0.29) is 11.9 Å². The van der Waals surface area contributed by atoms with E-state index < -0.39 is 6.10 Å². The minimum Gasteiger partial charge on any atom is -0.387 e. The highest BCUT2D eigenvalue weighted by atomic mass is 16.3. The number of hydrogen-bond donors (Lipinski definition) is 1. The molecule has 25 heavy (non-hydrogen) atoms. The molecule has 1 saturated carbocycles. The van der Waals surface area contributed by atoms with Crippen LogP contribution in [-0.2, 0) is 6.54 Å². The van der Waals surface area contributed by atoms with Gasteiger partial charge in [0.2, 0.25) is 0 Å². The lowest BCUT2D eigenvalue weighted by atomic mass is 9.93. The fourth-order valence-corrected chi connectivity index (χ4v) is 3.56. The van der Waals surface area contributed by atoms with E-state index >= 15 is 0 Å². The van der Waals surface area contributed by atoms with Crippen molar-refractivity contribution in [2.75, 3.05) is 6.54 Å². The lowest BCUT2D eigenvalue weighted by Gasteiger charge is -2.35. The van der Waals surface area contributed by atoms with E-state index in [9.17, 15) is 9.90 Å². The minimum absolute atomic E-state index is 0.0749. The number of carbonyl (C=O) groups excluding carboxylic acids is 1. The van der Waals surface area contributed by atoms with Crippen LogP contribution in [0.15, 0.2) is 42.6 Å². The monoisotopic (exact) mass is 341 g/mol. The van der Waals surface area contributed by atoms with Gasteiger partial charge in [0.05, 0.1) is 12.6 Å². The first-order valence-corrected chi connectivity index (χ1v) is 9.26. The Morgan fingerprint density at radius 1 is 1.24 bits per heavy atom. The van der Waals surface area contributed by atoms with E-state index in [1.54, 1.807) is 10.7 Å². The third kappa shape index (κ3) is 4.28. The van der Waals surface area contributed by atoms with Crippen molar-refractivity contribution in [2.45, 2.75) is 57.7 Å². The van der Waals surface area contributed by atoms with Crippen LogP contribution in [0.3, 0.4) is 0 Å². The number of aromatic nitrogens is 2. The first-order chi connectivity index (χ1) is 12.2. The topological polar surface area (TPSA) is 58.4 Å². The zero-order valence-electron chi connectivity index (χ0n) is 14.8. The molecule has 1 aliphatic carbocycles. The summed E-state index contributed by atoms with van der Waals surface area (Å²) in [6.07, 6.45) is 6.66. The molecule has 1 amide bonds. The third-order valence-electron chi connectivity index (χ3n) is 5.01. The third-order valence-corrected chi connectivity index (χ3v) is 5.01. The van der Waals surface area contributed by atoms with Crippen LogP contribution in [0.2, 0.25) is 0 Å². The summed E-state index contributed by atoms with van der Waals surface area (Å²) in [5.74, 6) is -0.0749. The van der Waals surface area contributed by atoms with Crippen LogP contribution in [0.5, 0.6) is 0 Å². The lowest BCUT2D eigenvalue weighted by molar-refractivity contribution is 0.0448. The first kappa shape index (κ1) is 17.7. The average Bonchev–Trinajstić information content (AvgIpc) is 3.16. The van der Waals surface area contributed by atoms with Gasteiger partial charge in [-0.3, -0.25) is 9.48 Å². The predicted molar refractivity (Wildman–Crippen MR) is 97.2 cm³/mol. The Morgan fingerprint density at radius 2 is 1.96 bits per heavy atom. The van der Waals surface area contributed by atoms with Gasteiger partial charge in [-0.15, -0.1) is 0 Å². The van der Waals surface area contributed by atoms with Gasteiger partial charge in [-0.2, -0.15) is 5.10 Å². The van der Waals surface area contributed by atoms with Crippen LogP contribution in [-0.4, -0.2) is 38.3 Å². The van der Waals surface area contributed by atoms with E-state index in [0.717, 1.165) is 37.8 Å². The minimum atomic E-state index is -0.680. The summed E-state index contributed by atoms with van der Waals surface area (Å²) in [5, 5.41) is 15.0. The van der Waals surface area contributed by atoms with Crippen LogP contribution in [0.25, 0.3) is 0 Å². The van der Waals surface area contributed by atoms with Crippen molar-refractivity contribution in [2.24, 2.45) is 0 Å². The molecule has 1 heterocycles. The maximum absolute atomic E-state index is 13.1. The molecule has 1 aliphatic rings. The fraction of sp³-hybridized carbons (Fsp3) is 0.500. The molecule has 3 rings (SSSR count). The van der Waals surface area contributed by atoms with Crippen molar-refractivity contribution in [3.8, 4) is 0 Å². The molecule has 1 aromatic heterocycles. The molecular weight excluding hydrogens is 314 g/mol. The lowest BCUT2D eigenvalue weighted by Crippen LogP contribution is -2.44. The number of carbonyl (C=O) groups is 1. The smallest absolute Gasteiger partial charge is 0.274 e. The molecule has 0 saturated heterocycles. The molecular formula is C20H27N3O2. The van der Waals surface area contributed by atoms with Crippen molar-refractivity contribution < 1.29 is 9.90 Å². The molecule has 134 valence electrons. The second kappa shape index (κ2) is 8.30. The van der Waals surface area contributed by atoms with Crippen LogP contribution in [0.4, 0.5) is 0 Å². The van der Waals surface area contributed by atoms with Gasteiger partial charge in [-0.25, -0.2) is 0 Å². The van der Waals surface area contributed by atoms with Gasteiger partial charge in [0.15, 0.2) is 0 Å². The Hall–Kier alpha value is -2.14. The Labute approximate surface area is 149 Å². The standard InChI is InChI=1S/C20H27N3O2/c1-2-22-14-13-18(21-22)20(25)23(17-11-7-4-8-12-17)15-19(24)16-9-5-3-6-10-16/h3,5-6,9-10,13-14,17,19,24H,2,4,7-8,11-12,15H2,1H3/t19-/m0/s1. The quantitative estimate of drug-likeness (QED) is 0.876. The molecule has 2 aromatic rings. The fourth-order valence-electron chi connectivity index (χ4n) is 3.56. The number of amides is 1. The van der Waals surface area contributed by atoms with Gasteiger partial charge < -0.3 is 10.0 Å².